The van der Waals surface area contributed by atoms with Gasteiger partial charge in [0.25, 0.3) is 5.91 Å². The molecule has 27 heavy (non-hydrogen) atoms. The number of halogens is 1. The van der Waals surface area contributed by atoms with Crippen molar-refractivity contribution in [3.05, 3.63) is 64.3 Å². The number of aromatic nitrogens is 3. The number of likely N-dealkylation sites (tertiary alicyclic amines) is 1. The minimum absolute atomic E-state index is 0.000817. The van der Waals surface area contributed by atoms with Crippen LogP contribution in [-0.4, -0.2) is 43.8 Å². The molecule has 1 N–H and O–H groups in total. The number of hydrogen-bond donors (Lipinski definition) is 1. The van der Waals surface area contributed by atoms with E-state index >= 15 is 0 Å². The number of fused-ring (bicyclic) bond motifs is 2. The Bertz CT molecular complexity index is 1020. The summed E-state index contributed by atoms with van der Waals surface area (Å²) in [4.78, 5) is 23.5. The average Bonchev–Trinajstić information content (AvgIpc) is 3.11. The topological polar surface area (TPSA) is 62.5 Å². The van der Waals surface area contributed by atoms with Gasteiger partial charge >= 0.3 is 0 Å². The molecule has 0 atom stereocenters. The number of hydrogen-bond acceptors (Lipinski definition) is 4. The van der Waals surface area contributed by atoms with Gasteiger partial charge in [-0.1, -0.05) is 24.3 Å². The smallest absolute Gasteiger partial charge is 0.274 e. The zero-order chi connectivity index (χ0) is 18.4. The van der Waals surface area contributed by atoms with Gasteiger partial charge in [-0.05, 0) is 46.3 Å². The number of carbonyl (C=O) groups is 1. The first kappa shape index (κ1) is 16.9. The minimum atomic E-state index is 0.000817. The van der Waals surface area contributed by atoms with Gasteiger partial charge in [-0.15, -0.1) is 0 Å². The Kier molecular flexibility index (Phi) is 4.02. The van der Waals surface area contributed by atoms with Crippen molar-refractivity contribution in [1.29, 1.82) is 0 Å². The van der Waals surface area contributed by atoms with E-state index in [-0.39, 0.29) is 11.4 Å². The zero-order valence-electron chi connectivity index (χ0n) is 14.9. The molecule has 1 saturated heterocycles. The summed E-state index contributed by atoms with van der Waals surface area (Å²) in [6, 6.07) is 8.65. The van der Waals surface area contributed by atoms with Gasteiger partial charge in [0, 0.05) is 37.6 Å². The fourth-order valence-electron chi connectivity index (χ4n) is 4.24. The van der Waals surface area contributed by atoms with Crippen molar-refractivity contribution in [2.45, 2.75) is 31.3 Å². The van der Waals surface area contributed by atoms with Crippen LogP contribution in [-0.2, 0) is 13.0 Å². The Balaban J connectivity index is 1.30. The van der Waals surface area contributed by atoms with Gasteiger partial charge in [-0.25, -0.2) is 9.97 Å². The summed E-state index contributed by atoms with van der Waals surface area (Å²) >= 11 is 3.35. The molecule has 0 radical (unpaired) electrons. The molecule has 2 aliphatic rings. The van der Waals surface area contributed by atoms with Crippen molar-refractivity contribution in [3.63, 3.8) is 0 Å². The average molecular weight is 426 g/mol. The van der Waals surface area contributed by atoms with E-state index in [1.165, 1.54) is 11.1 Å². The van der Waals surface area contributed by atoms with Gasteiger partial charge in [-0.3, -0.25) is 4.79 Å². The number of piperidine rings is 1. The molecule has 0 bridgehead atoms. The fraction of sp³-hybridized carbons (Fsp3) is 0.350. The van der Waals surface area contributed by atoms with Crippen molar-refractivity contribution < 1.29 is 4.79 Å². The van der Waals surface area contributed by atoms with Crippen LogP contribution in [0.25, 0.3) is 5.65 Å². The maximum absolute atomic E-state index is 12.9. The molecule has 1 amide bonds. The van der Waals surface area contributed by atoms with Crippen LogP contribution >= 0.6 is 15.9 Å². The molecular weight excluding hydrogens is 406 g/mol. The standard InChI is InChI=1S/C20H20BrN5O/c21-17-13-26-12-16(24-18(26)11-22-17)19(27)25-7-5-20(6-8-25)9-14-3-1-2-4-15(14)10-23-20/h1-4,11-13,23H,5-10H2. The van der Waals surface area contributed by atoms with E-state index in [1.54, 1.807) is 12.4 Å². The van der Waals surface area contributed by atoms with Crippen LogP contribution in [0.15, 0.2) is 47.5 Å². The summed E-state index contributed by atoms with van der Waals surface area (Å²) in [6.45, 7) is 2.42. The van der Waals surface area contributed by atoms with E-state index in [4.69, 9.17) is 0 Å². The first-order chi connectivity index (χ1) is 13.1. The van der Waals surface area contributed by atoms with Crippen LogP contribution in [0.1, 0.15) is 34.5 Å². The zero-order valence-corrected chi connectivity index (χ0v) is 16.4. The molecule has 3 aromatic rings. The maximum atomic E-state index is 12.9. The SMILES string of the molecule is O=C(c1cn2cc(Br)ncc2n1)N1CCC2(CC1)Cc1ccccc1CN2. The molecule has 2 aromatic heterocycles. The molecule has 0 unspecified atom stereocenters. The molecule has 1 fully saturated rings. The minimum Gasteiger partial charge on any atom is -0.337 e. The molecule has 2 aliphatic heterocycles. The van der Waals surface area contributed by atoms with Crippen LogP contribution < -0.4 is 5.32 Å². The number of nitrogens with zero attached hydrogens (tertiary/aromatic N) is 4. The summed E-state index contributed by atoms with van der Waals surface area (Å²) < 4.78 is 2.55. The van der Waals surface area contributed by atoms with Crippen molar-refractivity contribution in [2.75, 3.05) is 13.1 Å². The Morgan fingerprint density at radius 1 is 1.15 bits per heavy atom. The van der Waals surface area contributed by atoms with E-state index < -0.39 is 0 Å². The van der Waals surface area contributed by atoms with Crippen LogP contribution in [0.3, 0.4) is 0 Å². The first-order valence-electron chi connectivity index (χ1n) is 9.23. The molecule has 6 nitrogen and oxygen atoms in total. The van der Waals surface area contributed by atoms with Crippen LogP contribution in [0, 0.1) is 0 Å². The first-order valence-corrected chi connectivity index (χ1v) is 10.0. The second-order valence-corrected chi connectivity index (χ2v) is 8.29. The third-order valence-corrected chi connectivity index (χ3v) is 6.25. The van der Waals surface area contributed by atoms with Gasteiger partial charge in [0.15, 0.2) is 5.65 Å². The van der Waals surface area contributed by atoms with E-state index in [0.29, 0.717) is 11.3 Å². The van der Waals surface area contributed by atoms with Gasteiger partial charge in [0.05, 0.1) is 6.20 Å². The highest BCUT2D eigenvalue weighted by Crippen LogP contribution is 2.32. The Morgan fingerprint density at radius 3 is 2.74 bits per heavy atom. The van der Waals surface area contributed by atoms with Gasteiger partial charge in [0.2, 0.25) is 0 Å². The fourth-order valence-corrected chi connectivity index (χ4v) is 4.57. The summed E-state index contributed by atoms with van der Waals surface area (Å²) in [6.07, 6.45) is 8.23. The molecule has 7 heteroatoms. The second-order valence-electron chi connectivity index (χ2n) is 7.47. The molecular formula is C20H20BrN5O. The third-order valence-electron chi connectivity index (χ3n) is 5.84. The number of nitrogens with one attached hydrogen (secondary N) is 1. The molecule has 1 spiro atoms. The van der Waals surface area contributed by atoms with Crippen molar-refractivity contribution >= 4 is 27.5 Å². The van der Waals surface area contributed by atoms with E-state index in [0.717, 1.165) is 43.5 Å². The lowest BCUT2D eigenvalue weighted by Gasteiger charge is -2.45. The van der Waals surface area contributed by atoms with E-state index in [9.17, 15) is 4.79 Å². The summed E-state index contributed by atoms with van der Waals surface area (Å²) in [5.74, 6) is 0.000817. The highest BCUT2D eigenvalue weighted by Gasteiger charge is 2.38. The highest BCUT2D eigenvalue weighted by molar-refractivity contribution is 9.10. The number of benzene rings is 1. The largest absolute Gasteiger partial charge is 0.337 e. The maximum Gasteiger partial charge on any atom is 0.274 e. The molecule has 0 aliphatic carbocycles. The Hall–Kier alpha value is -2.25. The van der Waals surface area contributed by atoms with E-state index in [2.05, 4.69) is 55.5 Å². The molecule has 4 heterocycles. The normalized spacial score (nSPS) is 18.6. The van der Waals surface area contributed by atoms with Crippen molar-refractivity contribution in [1.82, 2.24) is 24.6 Å². The van der Waals surface area contributed by atoms with E-state index in [1.807, 2.05) is 15.5 Å². The Morgan fingerprint density at radius 2 is 1.93 bits per heavy atom. The second kappa shape index (κ2) is 6.42. The number of imidazole rings is 1. The van der Waals surface area contributed by atoms with Crippen LogP contribution in [0.2, 0.25) is 0 Å². The lowest BCUT2D eigenvalue weighted by Crippen LogP contribution is -2.57. The number of carbonyl (C=O) groups excluding carboxylic acids is 1. The van der Waals surface area contributed by atoms with Gasteiger partial charge in [0.1, 0.15) is 10.3 Å². The van der Waals surface area contributed by atoms with Gasteiger partial charge in [-0.2, -0.15) is 0 Å². The molecule has 138 valence electrons. The molecule has 0 saturated carbocycles. The monoisotopic (exact) mass is 425 g/mol. The summed E-state index contributed by atoms with van der Waals surface area (Å²) in [7, 11) is 0. The highest BCUT2D eigenvalue weighted by atomic mass is 79.9. The lowest BCUT2D eigenvalue weighted by molar-refractivity contribution is 0.0626. The van der Waals surface area contributed by atoms with Crippen molar-refractivity contribution in [2.24, 2.45) is 0 Å². The summed E-state index contributed by atoms with van der Waals surface area (Å²) in [5, 5.41) is 3.75. The Labute approximate surface area is 165 Å². The number of amides is 1. The van der Waals surface area contributed by atoms with Crippen LogP contribution in [0.4, 0.5) is 0 Å². The van der Waals surface area contributed by atoms with Crippen LogP contribution in [0.5, 0.6) is 0 Å². The lowest BCUT2D eigenvalue weighted by atomic mass is 9.78. The summed E-state index contributed by atoms with van der Waals surface area (Å²) in [5.41, 5.74) is 4.10. The predicted octanol–water partition coefficient (Wildman–Crippen LogP) is 2.81. The number of rotatable bonds is 1. The van der Waals surface area contributed by atoms with Crippen molar-refractivity contribution in [3.8, 4) is 0 Å². The molecule has 1 aromatic carbocycles. The van der Waals surface area contributed by atoms with Gasteiger partial charge < -0.3 is 14.6 Å². The third kappa shape index (κ3) is 3.04. The quantitative estimate of drug-likeness (QED) is 0.650. The molecule has 5 rings (SSSR count). The predicted molar refractivity (Wildman–Crippen MR) is 106 cm³/mol.